The molecule has 3 heteroatoms. The molecule has 0 aliphatic carbocycles. The second-order valence-corrected chi connectivity index (χ2v) is 6.79. The maximum absolute atomic E-state index is 10.5. The normalized spacial score (nSPS) is 14.7. The minimum atomic E-state index is -0.496. The average Bonchev–Trinajstić information content (AvgIpc) is 2.46. The van der Waals surface area contributed by atoms with Gasteiger partial charge in [0.15, 0.2) is 0 Å². The van der Waals surface area contributed by atoms with E-state index < -0.39 is 5.60 Å². The molecule has 0 saturated carbocycles. The molecule has 0 amide bonds. The summed E-state index contributed by atoms with van der Waals surface area (Å²) in [6, 6.07) is 9.08. The van der Waals surface area contributed by atoms with Crippen molar-refractivity contribution in [2.75, 3.05) is 0 Å². The van der Waals surface area contributed by atoms with E-state index in [9.17, 15) is 10.2 Å². The number of phenols is 2. The molecule has 122 valence electrons. The van der Waals surface area contributed by atoms with Crippen LogP contribution in [0.1, 0.15) is 51.2 Å². The van der Waals surface area contributed by atoms with Crippen molar-refractivity contribution in [1.82, 2.24) is 0 Å². The SMILES string of the molecule is CCCCCc1cc(O)c2c(c1)OC(C)(C)c1ccc(O)cc1-2. The van der Waals surface area contributed by atoms with Gasteiger partial charge in [0.2, 0.25) is 0 Å². The van der Waals surface area contributed by atoms with E-state index in [-0.39, 0.29) is 11.5 Å². The number of fused-ring (bicyclic) bond motifs is 3. The van der Waals surface area contributed by atoms with Gasteiger partial charge in [-0.2, -0.15) is 0 Å². The lowest BCUT2D eigenvalue weighted by atomic mass is 9.85. The zero-order valence-electron chi connectivity index (χ0n) is 14.0. The third-order valence-corrected chi connectivity index (χ3v) is 4.50. The fourth-order valence-electron chi connectivity index (χ4n) is 3.32. The fraction of sp³-hybridized carbons (Fsp3) is 0.400. The standard InChI is InChI=1S/C20H24O3/c1-4-5-6-7-13-10-17(22)19-15-12-14(21)8-9-16(15)20(2,3)23-18(19)11-13/h8-12,21-22H,4-7H2,1-3H3. The molecule has 1 heterocycles. The molecule has 0 saturated heterocycles. The smallest absolute Gasteiger partial charge is 0.132 e. The molecule has 0 fully saturated rings. The Balaban J connectivity index is 2.09. The second-order valence-electron chi connectivity index (χ2n) is 6.79. The van der Waals surface area contributed by atoms with Crippen molar-refractivity contribution < 1.29 is 14.9 Å². The number of rotatable bonds is 4. The Labute approximate surface area is 137 Å². The monoisotopic (exact) mass is 312 g/mol. The van der Waals surface area contributed by atoms with E-state index >= 15 is 0 Å². The minimum Gasteiger partial charge on any atom is -0.508 e. The molecule has 0 aromatic heterocycles. The molecule has 23 heavy (non-hydrogen) atoms. The first-order valence-corrected chi connectivity index (χ1v) is 8.31. The molecule has 1 aliphatic heterocycles. The van der Waals surface area contributed by atoms with E-state index in [1.165, 1.54) is 12.8 Å². The second kappa shape index (κ2) is 5.80. The predicted octanol–water partition coefficient (Wildman–Crippen LogP) is 5.13. The first kappa shape index (κ1) is 15.7. The summed E-state index contributed by atoms with van der Waals surface area (Å²) in [7, 11) is 0. The van der Waals surface area contributed by atoms with Crippen molar-refractivity contribution >= 4 is 0 Å². The Morgan fingerprint density at radius 1 is 1.04 bits per heavy atom. The van der Waals surface area contributed by atoms with Crippen LogP contribution in [0.5, 0.6) is 17.2 Å². The fourth-order valence-corrected chi connectivity index (χ4v) is 3.32. The number of aryl methyl sites for hydroxylation is 1. The number of benzene rings is 2. The van der Waals surface area contributed by atoms with Gasteiger partial charge in [-0.1, -0.05) is 25.8 Å². The van der Waals surface area contributed by atoms with Gasteiger partial charge in [-0.25, -0.2) is 0 Å². The zero-order chi connectivity index (χ0) is 16.6. The Kier molecular flexibility index (Phi) is 3.97. The number of hydrogen-bond donors (Lipinski definition) is 2. The molecule has 2 N–H and O–H groups in total. The van der Waals surface area contributed by atoms with Crippen LogP contribution in [-0.4, -0.2) is 10.2 Å². The lowest BCUT2D eigenvalue weighted by Gasteiger charge is -2.35. The van der Waals surface area contributed by atoms with Crippen molar-refractivity contribution in [2.45, 2.75) is 52.1 Å². The summed E-state index contributed by atoms with van der Waals surface area (Å²) in [5, 5.41) is 20.4. The summed E-state index contributed by atoms with van der Waals surface area (Å²) in [5.41, 5.74) is 3.08. The number of aromatic hydroxyl groups is 2. The van der Waals surface area contributed by atoms with E-state index in [4.69, 9.17) is 4.74 Å². The van der Waals surface area contributed by atoms with Crippen molar-refractivity contribution in [3.8, 4) is 28.4 Å². The van der Waals surface area contributed by atoms with Crippen LogP contribution in [0.3, 0.4) is 0 Å². The number of unbranched alkanes of at least 4 members (excludes halogenated alkanes) is 2. The molecule has 1 aliphatic rings. The minimum absolute atomic E-state index is 0.193. The van der Waals surface area contributed by atoms with Gasteiger partial charge in [-0.05, 0) is 62.1 Å². The quantitative estimate of drug-likeness (QED) is 0.770. The highest BCUT2D eigenvalue weighted by atomic mass is 16.5. The van der Waals surface area contributed by atoms with E-state index in [0.29, 0.717) is 11.3 Å². The molecule has 2 aromatic rings. The van der Waals surface area contributed by atoms with Crippen LogP contribution in [0.15, 0.2) is 30.3 Å². The molecule has 2 aromatic carbocycles. The zero-order valence-corrected chi connectivity index (χ0v) is 14.0. The molecule has 0 unspecified atom stereocenters. The maximum Gasteiger partial charge on any atom is 0.132 e. The van der Waals surface area contributed by atoms with Gasteiger partial charge in [0.25, 0.3) is 0 Å². The summed E-state index contributed by atoms with van der Waals surface area (Å²) in [4.78, 5) is 0. The summed E-state index contributed by atoms with van der Waals surface area (Å²) >= 11 is 0. The molecule has 0 spiro atoms. The lowest BCUT2D eigenvalue weighted by molar-refractivity contribution is 0.105. The summed E-state index contributed by atoms with van der Waals surface area (Å²) in [6.07, 6.45) is 4.40. The van der Waals surface area contributed by atoms with Gasteiger partial charge in [0, 0.05) is 5.56 Å². The highest BCUT2D eigenvalue weighted by Gasteiger charge is 2.34. The van der Waals surface area contributed by atoms with Gasteiger partial charge in [-0.3, -0.25) is 0 Å². The van der Waals surface area contributed by atoms with Gasteiger partial charge < -0.3 is 14.9 Å². The highest BCUT2D eigenvalue weighted by Crippen LogP contribution is 2.50. The number of hydrogen-bond acceptors (Lipinski definition) is 3. The van der Waals surface area contributed by atoms with Crippen LogP contribution in [0.25, 0.3) is 11.1 Å². The van der Waals surface area contributed by atoms with Gasteiger partial charge in [0.05, 0.1) is 5.56 Å². The Bertz CT molecular complexity index is 732. The van der Waals surface area contributed by atoms with Crippen molar-refractivity contribution in [3.63, 3.8) is 0 Å². The van der Waals surface area contributed by atoms with Crippen molar-refractivity contribution in [3.05, 3.63) is 41.5 Å². The molecular formula is C20H24O3. The van der Waals surface area contributed by atoms with Crippen LogP contribution in [0.2, 0.25) is 0 Å². The molecule has 0 radical (unpaired) electrons. The largest absolute Gasteiger partial charge is 0.508 e. The molecule has 3 nitrogen and oxygen atoms in total. The van der Waals surface area contributed by atoms with E-state index in [1.54, 1.807) is 12.1 Å². The average molecular weight is 312 g/mol. The Morgan fingerprint density at radius 2 is 1.83 bits per heavy atom. The highest BCUT2D eigenvalue weighted by molar-refractivity contribution is 5.82. The predicted molar refractivity (Wildman–Crippen MR) is 92.1 cm³/mol. The van der Waals surface area contributed by atoms with E-state index in [0.717, 1.165) is 29.5 Å². The summed E-state index contributed by atoms with van der Waals surface area (Å²) in [5.74, 6) is 1.11. The van der Waals surface area contributed by atoms with E-state index in [1.807, 2.05) is 32.0 Å². The summed E-state index contributed by atoms with van der Waals surface area (Å²) in [6.45, 7) is 6.19. The number of phenolic OH excluding ortho intramolecular Hbond substituents is 2. The Hall–Kier alpha value is -2.16. The first-order chi connectivity index (χ1) is 10.9. The van der Waals surface area contributed by atoms with Crippen LogP contribution >= 0.6 is 0 Å². The molecular weight excluding hydrogens is 288 g/mol. The third-order valence-electron chi connectivity index (χ3n) is 4.50. The lowest BCUT2D eigenvalue weighted by Crippen LogP contribution is -2.29. The van der Waals surface area contributed by atoms with Gasteiger partial charge in [0.1, 0.15) is 22.8 Å². The maximum atomic E-state index is 10.5. The van der Waals surface area contributed by atoms with Crippen LogP contribution in [0, 0.1) is 0 Å². The molecule has 3 rings (SSSR count). The summed E-state index contributed by atoms with van der Waals surface area (Å²) < 4.78 is 6.17. The first-order valence-electron chi connectivity index (χ1n) is 8.31. The van der Waals surface area contributed by atoms with Gasteiger partial charge in [-0.15, -0.1) is 0 Å². The third kappa shape index (κ3) is 2.88. The van der Waals surface area contributed by atoms with Crippen LogP contribution < -0.4 is 4.74 Å². The molecule has 0 atom stereocenters. The Morgan fingerprint density at radius 3 is 2.57 bits per heavy atom. The van der Waals surface area contributed by atoms with Crippen molar-refractivity contribution in [1.29, 1.82) is 0 Å². The van der Waals surface area contributed by atoms with E-state index in [2.05, 4.69) is 6.92 Å². The van der Waals surface area contributed by atoms with Crippen molar-refractivity contribution in [2.24, 2.45) is 0 Å². The van der Waals surface area contributed by atoms with Crippen LogP contribution in [-0.2, 0) is 12.0 Å². The number of ether oxygens (including phenoxy) is 1. The topological polar surface area (TPSA) is 49.7 Å². The molecule has 0 bridgehead atoms. The van der Waals surface area contributed by atoms with Gasteiger partial charge >= 0.3 is 0 Å². The van der Waals surface area contributed by atoms with Crippen LogP contribution in [0.4, 0.5) is 0 Å².